The van der Waals surface area contributed by atoms with Crippen molar-refractivity contribution in [3.05, 3.63) is 11.6 Å². The maximum Gasteiger partial charge on any atom is -0.0348 e. The third kappa shape index (κ3) is 13.7. The third-order valence-electron chi connectivity index (χ3n) is 3.61. The number of hydrogen-bond acceptors (Lipinski definition) is 0. The fraction of sp³-hybridized carbons (Fsp3) is 0.882. The van der Waals surface area contributed by atoms with Crippen LogP contribution >= 0.6 is 0 Å². The molecule has 0 bridgehead atoms. The Bertz CT molecular complexity index is 167. The number of allylic oxidation sites excluding steroid dienone is 2. The predicted octanol–water partition coefficient (Wildman–Crippen LogP) is 6.65. The molecule has 102 valence electrons. The van der Waals surface area contributed by atoms with Crippen molar-refractivity contribution in [2.45, 2.75) is 97.8 Å². The topological polar surface area (TPSA) is 0 Å². The molecule has 0 heterocycles. The van der Waals surface area contributed by atoms with Crippen LogP contribution in [0, 0.1) is 0 Å². The van der Waals surface area contributed by atoms with Gasteiger partial charge in [0.05, 0.1) is 0 Å². The van der Waals surface area contributed by atoms with E-state index in [0.717, 1.165) is 0 Å². The molecule has 0 aliphatic heterocycles. The largest absolute Gasteiger partial charge is 0.0856 e. The van der Waals surface area contributed by atoms with Crippen LogP contribution < -0.4 is 0 Å². The highest BCUT2D eigenvalue weighted by atomic mass is 14.0. The fourth-order valence-electron chi connectivity index (χ4n) is 2.12. The molecular formula is C17H34. The van der Waals surface area contributed by atoms with Gasteiger partial charge in [-0.05, 0) is 26.2 Å². The van der Waals surface area contributed by atoms with Gasteiger partial charge >= 0.3 is 0 Å². The van der Waals surface area contributed by atoms with Crippen LogP contribution in [0.4, 0.5) is 0 Å². The van der Waals surface area contributed by atoms with Crippen LogP contribution in [0.1, 0.15) is 97.8 Å². The number of rotatable bonds is 12. The van der Waals surface area contributed by atoms with Gasteiger partial charge < -0.3 is 0 Å². The highest BCUT2D eigenvalue weighted by molar-refractivity contribution is 4.96. The molecule has 0 heteroatoms. The Morgan fingerprint density at radius 2 is 1.18 bits per heavy atom. The summed E-state index contributed by atoms with van der Waals surface area (Å²) in [5, 5.41) is 0. The second kappa shape index (κ2) is 13.8. The van der Waals surface area contributed by atoms with Crippen LogP contribution in [0.15, 0.2) is 11.6 Å². The van der Waals surface area contributed by atoms with E-state index >= 15 is 0 Å². The highest BCUT2D eigenvalue weighted by Gasteiger charge is 1.92. The summed E-state index contributed by atoms with van der Waals surface area (Å²) in [6, 6.07) is 0. The minimum Gasteiger partial charge on any atom is -0.0856 e. The second-order valence-electron chi connectivity index (χ2n) is 5.37. The lowest BCUT2D eigenvalue weighted by molar-refractivity contribution is 0.557. The first-order valence-electron chi connectivity index (χ1n) is 7.96. The summed E-state index contributed by atoms with van der Waals surface area (Å²) < 4.78 is 0. The Labute approximate surface area is 110 Å². The molecule has 0 radical (unpaired) electrons. The Balaban J connectivity index is 3.04. The Morgan fingerprint density at radius 1 is 0.706 bits per heavy atom. The van der Waals surface area contributed by atoms with Gasteiger partial charge in [-0.3, -0.25) is 0 Å². The summed E-state index contributed by atoms with van der Waals surface area (Å²) in [5.74, 6) is 0. The maximum atomic E-state index is 2.42. The molecule has 0 rings (SSSR count). The Kier molecular flexibility index (Phi) is 13.6. The lowest BCUT2D eigenvalue weighted by Crippen LogP contribution is -1.81. The second-order valence-corrected chi connectivity index (χ2v) is 5.37. The van der Waals surface area contributed by atoms with Crippen LogP contribution in [-0.4, -0.2) is 0 Å². The average Bonchev–Trinajstić information content (AvgIpc) is 2.35. The molecule has 0 aliphatic carbocycles. The zero-order valence-corrected chi connectivity index (χ0v) is 12.6. The molecule has 0 saturated heterocycles. The van der Waals surface area contributed by atoms with E-state index in [1.165, 1.54) is 77.0 Å². The molecule has 0 amide bonds. The molecule has 0 aromatic rings. The number of unbranched alkanes of at least 4 members (excludes halogenated alkanes) is 10. The first-order chi connectivity index (χ1) is 8.31. The molecular weight excluding hydrogens is 204 g/mol. The molecule has 0 aliphatic rings. The van der Waals surface area contributed by atoms with Crippen LogP contribution in [0.2, 0.25) is 0 Å². The maximum absolute atomic E-state index is 2.42. The van der Waals surface area contributed by atoms with E-state index in [9.17, 15) is 0 Å². The monoisotopic (exact) mass is 238 g/mol. The van der Waals surface area contributed by atoms with Crippen molar-refractivity contribution in [2.75, 3.05) is 0 Å². The first kappa shape index (κ1) is 16.7. The van der Waals surface area contributed by atoms with E-state index in [-0.39, 0.29) is 0 Å². The third-order valence-corrected chi connectivity index (χ3v) is 3.61. The van der Waals surface area contributed by atoms with Gasteiger partial charge in [0.15, 0.2) is 0 Å². The van der Waals surface area contributed by atoms with E-state index < -0.39 is 0 Å². The summed E-state index contributed by atoms with van der Waals surface area (Å²) in [5.41, 5.74) is 1.56. The van der Waals surface area contributed by atoms with Gasteiger partial charge in [-0.1, -0.05) is 83.3 Å². The predicted molar refractivity (Wildman–Crippen MR) is 80.5 cm³/mol. The van der Waals surface area contributed by atoms with Crippen molar-refractivity contribution < 1.29 is 0 Å². The fourth-order valence-corrected chi connectivity index (χ4v) is 2.12. The van der Waals surface area contributed by atoms with Gasteiger partial charge in [0.1, 0.15) is 0 Å². The molecule has 17 heavy (non-hydrogen) atoms. The lowest BCUT2D eigenvalue weighted by Gasteiger charge is -2.01. The number of hydrogen-bond donors (Lipinski definition) is 0. The molecule has 0 N–H and O–H groups in total. The van der Waals surface area contributed by atoms with Crippen molar-refractivity contribution in [3.8, 4) is 0 Å². The van der Waals surface area contributed by atoms with Gasteiger partial charge in [-0.25, -0.2) is 0 Å². The summed E-state index contributed by atoms with van der Waals surface area (Å²) in [4.78, 5) is 0. The molecule has 0 unspecified atom stereocenters. The lowest BCUT2D eigenvalue weighted by atomic mass is 10.1. The first-order valence-corrected chi connectivity index (χ1v) is 7.96. The van der Waals surface area contributed by atoms with Crippen LogP contribution in [-0.2, 0) is 0 Å². The van der Waals surface area contributed by atoms with E-state index in [2.05, 4.69) is 26.8 Å². The summed E-state index contributed by atoms with van der Waals surface area (Å²) in [6.45, 7) is 6.77. The smallest absolute Gasteiger partial charge is 0.0348 e. The molecule has 0 saturated carbocycles. The zero-order valence-electron chi connectivity index (χ0n) is 12.6. The van der Waals surface area contributed by atoms with E-state index in [0.29, 0.717) is 0 Å². The van der Waals surface area contributed by atoms with Crippen molar-refractivity contribution in [1.29, 1.82) is 0 Å². The average molecular weight is 238 g/mol. The van der Waals surface area contributed by atoms with Gasteiger partial charge in [-0.15, -0.1) is 0 Å². The SMILES string of the molecule is CCCCCCCCCCCCC=C(C)CC. The normalized spacial score (nSPS) is 12.1. The zero-order chi connectivity index (χ0) is 12.8. The van der Waals surface area contributed by atoms with Crippen molar-refractivity contribution in [1.82, 2.24) is 0 Å². The van der Waals surface area contributed by atoms with Gasteiger partial charge in [0.25, 0.3) is 0 Å². The van der Waals surface area contributed by atoms with Crippen LogP contribution in [0.5, 0.6) is 0 Å². The van der Waals surface area contributed by atoms with Crippen molar-refractivity contribution in [3.63, 3.8) is 0 Å². The summed E-state index contributed by atoms with van der Waals surface area (Å²) in [7, 11) is 0. The van der Waals surface area contributed by atoms with E-state index in [1.54, 1.807) is 5.57 Å². The van der Waals surface area contributed by atoms with Crippen molar-refractivity contribution >= 4 is 0 Å². The molecule has 0 spiro atoms. The van der Waals surface area contributed by atoms with Gasteiger partial charge in [0, 0.05) is 0 Å². The summed E-state index contributed by atoms with van der Waals surface area (Å²) in [6.07, 6.45) is 19.3. The highest BCUT2D eigenvalue weighted by Crippen LogP contribution is 2.12. The van der Waals surface area contributed by atoms with Crippen molar-refractivity contribution in [2.24, 2.45) is 0 Å². The Hall–Kier alpha value is -0.260. The summed E-state index contributed by atoms with van der Waals surface area (Å²) >= 11 is 0. The molecule has 0 nitrogen and oxygen atoms in total. The molecule has 0 atom stereocenters. The minimum atomic E-state index is 1.22. The molecule has 0 aromatic carbocycles. The quantitative estimate of drug-likeness (QED) is 0.263. The standard InChI is InChI=1S/C17H34/c1-4-6-7-8-9-10-11-12-13-14-15-16-17(3)5-2/h16H,4-15H2,1-3H3. The van der Waals surface area contributed by atoms with Gasteiger partial charge in [-0.2, -0.15) is 0 Å². The molecule has 0 fully saturated rings. The van der Waals surface area contributed by atoms with Crippen LogP contribution in [0.3, 0.4) is 0 Å². The Morgan fingerprint density at radius 3 is 1.65 bits per heavy atom. The van der Waals surface area contributed by atoms with E-state index in [4.69, 9.17) is 0 Å². The van der Waals surface area contributed by atoms with Crippen LogP contribution in [0.25, 0.3) is 0 Å². The van der Waals surface area contributed by atoms with E-state index in [1.807, 2.05) is 0 Å². The van der Waals surface area contributed by atoms with Gasteiger partial charge in [0.2, 0.25) is 0 Å². The minimum absolute atomic E-state index is 1.22. The molecule has 0 aromatic heterocycles.